The Bertz CT molecular complexity index is 486. The molecule has 1 unspecified atom stereocenters. The van der Waals surface area contributed by atoms with Crippen molar-refractivity contribution in [1.29, 1.82) is 0 Å². The molecule has 0 saturated carbocycles. The maximum atomic E-state index is 12.0. The standard InChI is InChI=1S/C11H15N3O3S/c1-7-9(14(16)17)4-11(18-7)10(15)6-13-3-2-8(12)5-13/h4,8H,2-3,5-6,12H2,1H3. The summed E-state index contributed by atoms with van der Waals surface area (Å²) in [5, 5.41) is 10.7. The fourth-order valence-electron chi connectivity index (χ4n) is 2.08. The Kier molecular flexibility index (Phi) is 3.74. The third-order valence-corrected chi connectivity index (χ3v) is 4.12. The minimum Gasteiger partial charge on any atom is -0.326 e. The lowest BCUT2D eigenvalue weighted by Crippen LogP contribution is -2.30. The Hall–Kier alpha value is -1.31. The summed E-state index contributed by atoms with van der Waals surface area (Å²) >= 11 is 1.19. The second kappa shape index (κ2) is 5.13. The van der Waals surface area contributed by atoms with Crippen LogP contribution in [0.2, 0.25) is 0 Å². The van der Waals surface area contributed by atoms with Crippen LogP contribution in [0.25, 0.3) is 0 Å². The smallest absolute Gasteiger partial charge is 0.283 e. The van der Waals surface area contributed by atoms with Gasteiger partial charge >= 0.3 is 0 Å². The van der Waals surface area contributed by atoms with E-state index < -0.39 is 4.92 Å². The first-order chi connectivity index (χ1) is 8.47. The topological polar surface area (TPSA) is 89.5 Å². The highest BCUT2D eigenvalue weighted by molar-refractivity contribution is 7.14. The van der Waals surface area contributed by atoms with Gasteiger partial charge in [0.05, 0.1) is 21.2 Å². The number of ketones is 1. The van der Waals surface area contributed by atoms with E-state index in [0.717, 1.165) is 19.5 Å². The SMILES string of the molecule is Cc1sc(C(=O)CN2CCC(N)C2)cc1[N+](=O)[O-]. The third-order valence-electron chi connectivity index (χ3n) is 3.04. The van der Waals surface area contributed by atoms with Gasteiger partial charge in [-0.05, 0) is 13.3 Å². The summed E-state index contributed by atoms with van der Waals surface area (Å²) in [6, 6.07) is 1.51. The predicted molar refractivity (Wildman–Crippen MR) is 69.1 cm³/mol. The van der Waals surface area contributed by atoms with Gasteiger partial charge in [-0.3, -0.25) is 19.8 Å². The maximum absolute atomic E-state index is 12.0. The molecule has 1 fully saturated rings. The van der Waals surface area contributed by atoms with E-state index in [-0.39, 0.29) is 17.5 Å². The number of likely N-dealkylation sites (tertiary alicyclic amines) is 1. The molecular weight excluding hydrogens is 254 g/mol. The van der Waals surface area contributed by atoms with E-state index in [9.17, 15) is 14.9 Å². The lowest BCUT2D eigenvalue weighted by Gasteiger charge is -2.12. The van der Waals surface area contributed by atoms with Gasteiger partial charge in [-0.2, -0.15) is 0 Å². The second-order valence-corrected chi connectivity index (χ2v) is 5.77. The van der Waals surface area contributed by atoms with E-state index in [1.807, 2.05) is 4.90 Å². The molecule has 1 aromatic rings. The normalized spacial score (nSPS) is 20.2. The van der Waals surface area contributed by atoms with Gasteiger partial charge < -0.3 is 5.73 Å². The molecule has 2 rings (SSSR count). The van der Waals surface area contributed by atoms with Gasteiger partial charge in [-0.25, -0.2) is 0 Å². The van der Waals surface area contributed by atoms with Gasteiger partial charge in [0.25, 0.3) is 5.69 Å². The number of nitro groups is 1. The molecule has 18 heavy (non-hydrogen) atoms. The van der Waals surface area contributed by atoms with E-state index in [0.29, 0.717) is 16.3 Å². The van der Waals surface area contributed by atoms with Crippen molar-refractivity contribution >= 4 is 22.8 Å². The molecular formula is C11H15N3O3S. The molecule has 7 heteroatoms. The van der Waals surface area contributed by atoms with Crippen molar-refractivity contribution in [3.05, 3.63) is 25.9 Å². The first kappa shape index (κ1) is 13.1. The molecule has 98 valence electrons. The Morgan fingerprint density at radius 1 is 1.72 bits per heavy atom. The second-order valence-electron chi connectivity index (χ2n) is 4.52. The molecule has 0 aromatic carbocycles. The molecule has 0 aliphatic carbocycles. The van der Waals surface area contributed by atoms with E-state index >= 15 is 0 Å². The van der Waals surface area contributed by atoms with E-state index in [1.54, 1.807) is 6.92 Å². The number of aryl methyl sites for hydroxylation is 1. The van der Waals surface area contributed by atoms with Crippen LogP contribution in [0.1, 0.15) is 21.0 Å². The van der Waals surface area contributed by atoms with Crippen molar-refractivity contribution in [2.75, 3.05) is 19.6 Å². The minimum absolute atomic E-state index is 0.0291. The predicted octanol–water partition coefficient (Wildman–Crippen LogP) is 1.18. The Morgan fingerprint density at radius 3 is 2.94 bits per heavy atom. The van der Waals surface area contributed by atoms with Crippen molar-refractivity contribution < 1.29 is 9.72 Å². The van der Waals surface area contributed by atoms with Crippen molar-refractivity contribution in [1.82, 2.24) is 4.90 Å². The number of nitrogens with zero attached hydrogens (tertiary/aromatic N) is 2. The van der Waals surface area contributed by atoms with Crippen LogP contribution < -0.4 is 5.73 Å². The van der Waals surface area contributed by atoms with Gasteiger partial charge in [-0.15, -0.1) is 11.3 Å². The average molecular weight is 269 g/mol. The molecule has 2 heterocycles. The van der Waals surface area contributed by atoms with E-state index in [2.05, 4.69) is 0 Å². The molecule has 0 spiro atoms. The van der Waals surface area contributed by atoms with Gasteiger partial charge in [0.2, 0.25) is 0 Å². The highest BCUT2D eigenvalue weighted by atomic mass is 32.1. The molecule has 1 aliphatic heterocycles. The lowest BCUT2D eigenvalue weighted by atomic mass is 10.3. The van der Waals surface area contributed by atoms with E-state index in [1.165, 1.54) is 17.4 Å². The van der Waals surface area contributed by atoms with Crippen LogP contribution in [0.5, 0.6) is 0 Å². The molecule has 0 bridgehead atoms. The first-order valence-electron chi connectivity index (χ1n) is 5.73. The summed E-state index contributed by atoms with van der Waals surface area (Å²) in [5.74, 6) is -0.0645. The third kappa shape index (κ3) is 2.74. The molecule has 1 aliphatic rings. The number of hydrogen-bond donors (Lipinski definition) is 1. The largest absolute Gasteiger partial charge is 0.326 e. The first-order valence-corrected chi connectivity index (χ1v) is 6.55. The molecule has 6 nitrogen and oxygen atoms in total. The number of nitrogens with two attached hydrogens (primary N) is 1. The zero-order valence-electron chi connectivity index (χ0n) is 10.1. The molecule has 1 atom stereocenters. The van der Waals surface area contributed by atoms with Crippen molar-refractivity contribution in [2.24, 2.45) is 5.73 Å². The Labute approximate surface area is 109 Å². The zero-order chi connectivity index (χ0) is 13.3. The summed E-state index contributed by atoms with van der Waals surface area (Å²) in [4.78, 5) is 25.3. The molecule has 1 aromatic heterocycles. The van der Waals surface area contributed by atoms with E-state index in [4.69, 9.17) is 5.73 Å². The van der Waals surface area contributed by atoms with Crippen molar-refractivity contribution in [2.45, 2.75) is 19.4 Å². The highest BCUT2D eigenvalue weighted by Gasteiger charge is 2.24. The number of thiophene rings is 1. The summed E-state index contributed by atoms with van der Waals surface area (Å²) in [6.07, 6.45) is 0.900. The highest BCUT2D eigenvalue weighted by Crippen LogP contribution is 2.28. The quantitative estimate of drug-likeness (QED) is 0.503. The number of Topliss-reactive ketones (excluding diaryl/α,β-unsaturated/α-hetero) is 1. The monoisotopic (exact) mass is 269 g/mol. The van der Waals surface area contributed by atoms with Crippen LogP contribution in [0, 0.1) is 17.0 Å². The van der Waals surface area contributed by atoms with Crippen LogP contribution >= 0.6 is 11.3 Å². The van der Waals surface area contributed by atoms with Crippen LogP contribution in [-0.2, 0) is 0 Å². The Balaban J connectivity index is 2.05. The summed E-state index contributed by atoms with van der Waals surface area (Å²) in [5.41, 5.74) is 5.80. The number of carbonyl (C=O) groups is 1. The van der Waals surface area contributed by atoms with Crippen LogP contribution in [0.4, 0.5) is 5.69 Å². The van der Waals surface area contributed by atoms with Crippen LogP contribution in [0.3, 0.4) is 0 Å². The van der Waals surface area contributed by atoms with Crippen molar-refractivity contribution in [3.63, 3.8) is 0 Å². The van der Waals surface area contributed by atoms with Crippen LogP contribution in [-0.4, -0.2) is 41.3 Å². The van der Waals surface area contributed by atoms with Gasteiger partial charge in [0, 0.05) is 25.2 Å². The number of rotatable bonds is 4. The number of hydrogen-bond acceptors (Lipinski definition) is 6. The van der Waals surface area contributed by atoms with Gasteiger partial charge in [0.1, 0.15) is 0 Å². The zero-order valence-corrected chi connectivity index (χ0v) is 10.9. The van der Waals surface area contributed by atoms with Crippen LogP contribution in [0.15, 0.2) is 6.07 Å². The fraction of sp³-hybridized carbons (Fsp3) is 0.545. The Morgan fingerprint density at radius 2 is 2.44 bits per heavy atom. The average Bonchev–Trinajstić information content (AvgIpc) is 2.85. The lowest BCUT2D eigenvalue weighted by molar-refractivity contribution is -0.385. The summed E-state index contributed by atoms with van der Waals surface area (Å²) in [6.45, 7) is 3.49. The number of carbonyl (C=O) groups excluding carboxylic acids is 1. The molecule has 2 N–H and O–H groups in total. The maximum Gasteiger partial charge on any atom is 0.283 e. The summed E-state index contributed by atoms with van der Waals surface area (Å²) < 4.78 is 0. The van der Waals surface area contributed by atoms with Gasteiger partial charge in [-0.1, -0.05) is 0 Å². The van der Waals surface area contributed by atoms with Gasteiger partial charge in [0.15, 0.2) is 5.78 Å². The molecule has 0 radical (unpaired) electrons. The minimum atomic E-state index is -0.450. The molecule has 0 amide bonds. The fourth-order valence-corrected chi connectivity index (χ4v) is 3.00. The molecule has 1 saturated heterocycles. The van der Waals surface area contributed by atoms with Crippen molar-refractivity contribution in [3.8, 4) is 0 Å². The summed E-state index contributed by atoms with van der Waals surface area (Å²) in [7, 11) is 0.